The van der Waals surface area contributed by atoms with Crippen LogP contribution in [0.4, 0.5) is 17.5 Å². The Kier molecular flexibility index (Phi) is 4.01. The molecule has 4 rings (SSSR count). The molecule has 0 saturated heterocycles. The monoisotopic (exact) mass is 327 g/mol. The normalized spacial score (nSPS) is 13.0. The fraction of sp³-hybridized carbons (Fsp3) is 0.150. The van der Waals surface area contributed by atoms with Crippen molar-refractivity contribution in [3.8, 4) is 6.07 Å². The van der Waals surface area contributed by atoms with Crippen molar-refractivity contribution in [2.45, 2.75) is 13.0 Å². The summed E-state index contributed by atoms with van der Waals surface area (Å²) in [5, 5.41) is 12.2. The van der Waals surface area contributed by atoms with Gasteiger partial charge in [0.2, 0.25) is 5.95 Å². The highest BCUT2D eigenvalue weighted by molar-refractivity contribution is 5.57. The van der Waals surface area contributed by atoms with Crippen molar-refractivity contribution in [2.24, 2.45) is 0 Å². The maximum absolute atomic E-state index is 9.01. The molecular weight excluding hydrogens is 310 g/mol. The van der Waals surface area contributed by atoms with Gasteiger partial charge in [0.25, 0.3) is 0 Å². The maximum Gasteiger partial charge on any atom is 0.229 e. The molecule has 25 heavy (non-hydrogen) atoms. The smallest absolute Gasteiger partial charge is 0.229 e. The lowest BCUT2D eigenvalue weighted by Crippen LogP contribution is -2.31. The number of rotatable bonds is 3. The zero-order valence-corrected chi connectivity index (χ0v) is 13.7. The molecule has 0 atom stereocenters. The summed E-state index contributed by atoms with van der Waals surface area (Å²) >= 11 is 0. The van der Waals surface area contributed by atoms with Crippen molar-refractivity contribution in [3.63, 3.8) is 0 Å². The van der Waals surface area contributed by atoms with Crippen molar-refractivity contribution in [1.29, 1.82) is 5.26 Å². The Bertz CT molecular complexity index is 945. The van der Waals surface area contributed by atoms with Crippen molar-refractivity contribution >= 4 is 17.5 Å². The molecule has 0 fully saturated rings. The third-order valence-corrected chi connectivity index (χ3v) is 4.34. The third-order valence-electron chi connectivity index (χ3n) is 4.34. The molecule has 3 aromatic rings. The summed E-state index contributed by atoms with van der Waals surface area (Å²) in [6.45, 7) is 1.80. The first-order valence-electron chi connectivity index (χ1n) is 8.24. The van der Waals surface area contributed by atoms with E-state index >= 15 is 0 Å². The molecule has 5 nitrogen and oxygen atoms in total. The first-order valence-corrected chi connectivity index (χ1v) is 8.24. The fourth-order valence-corrected chi connectivity index (χ4v) is 3.07. The van der Waals surface area contributed by atoms with E-state index in [0.29, 0.717) is 11.5 Å². The lowest BCUT2D eigenvalue weighted by atomic mass is 10.00. The Labute approximate surface area is 146 Å². The molecular formula is C20H17N5. The number of nitriles is 1. The first kappa shape index (κ1) is 15.2. The minimum atomic E-state index is 0.534. The number of hydrogen-bond acceptors (Lipinski definition) is 5. The van der Waals surface area contributed by atoms with Crippen LogP contribution in [-0.2, 0) is 13.0 Å². The Morgan fingerprint density at radius 1 is 1.04 bits per heavy atom. The number of aromatic nitrogens is 2. The summed E-state index contributed by atoms with van der Waals surface area (Å²) in [6.07, 6.45) is 2.78. The van der Waals surface area contributed by atoms with E-state index in [4.69, 9.17) is 5.26 Å². The maximum atomic E-state index is 9.01. The van der Waals surface area contributed by atoms with Crippen LogP contribution in [0.2, 0.25) is 0 Å². The SMILES string of the molecule is N#Cc1cccc(Nc2nccc(N3CCc4ccccc4C3)n2)c1. The van der Waals surface area contributed by atoms with E-state index in [1.54, 1.807) is 18.3 Å². The van der Waals surface area contributed by atoms with Gasteiger partial charge in [-0.15, -0.1) is 0 Å². The fourth-order valence-electron chi connectivity index (χ4n) is 3.07. The van der Waals surface area contributed by atoms with Gasteiger partial charge in [-0.05, 0) is 41.8 Å². The molecule has 2 aromatic carbocycles. The quantitative estimate of drug-likeness (QED) is 0.795. The average Bonchev–Trinajstić information content (AvgIpc) is 2.68. The highest BCUT2D eigenvalue weighted by Crippen LogP contribution is 2.24. The number of hydrogen-bond donors (Lipinski definition) is 1. The highest BCUT2D eigenvalue weighted by atomic mass is 15.2. The van der Waals surface area contributed by atoms with E-state index in [1.807, 2.05) is 18.2 Å². The number of nitrogens with zero attached hydrogens (tertiary/aromatic N) is 4. The zero-order valence-electron chi connectivity index (χ0n) is 13.7. The third kappa shape index (κ3) is 3.29. The van der Waals surface area contributed by atoms with Gasteiger partial charge in [-0.25, -0.2) is 4.98 Å². The number of benzene rings is 2. The van der Waals surface area contributed by atoms with E-state index in [-0.39, 0.29) is 0 Å². The van der Waals surface area contributed by atoms with Gasteiger partial charge in [0.15, 0.2) is 0 Å². The number of fused-ring (bicyclic) bond motifs is 1. The van der Waals surface area contributed by atoms with Crippen LogP contribution >= 0.6 is 0 Å². The van der Waals surface area contributed by atoms with Gasteiger partial charge < -0.3 is 10.2 Å². The summed E-state index contributed by atoms with van der Waals surface area (Å²) in [6, 6.07) is 19.9. The zero-order chi connectivity index (χ0) is 17.1. The van der Waals surface area contributed by atoms with Crippen LogP contribution in [-0.4, -0.2) is 16.5 Å². The number of nitrogens with one attached hydrogen (secondary N) is 1. The summed E-state index contributed by atoms with van der Waals surface area (Å²) in [5.74, 6) is 1.44. The van der Waals surface area contributed by atoms with Crippen LogP contribution in [0.1, 0.15) is 16.7 Å². The Balaban J connectivity index is 1.55. The van der Waals surface area contributed by atoms with Crippen LogP contribution < -0.4 is 10.2 Å². The van der Waals surface area contributed by atoms with E-state index < -0.39 is 0 Å². The predicted molar refractivity (Wildman–Crippen MR) is 97.7 cm³/mol. The minimum Gasteiger partial charge on any atom is -0.352 e. The Hall–Kier alpha value is -3.39. The molecule has 122 valence electrons. The van der Waals surface area contributed by atoms with Gasteiger partial charge in [0, 0.05) is 25.0 Å². The standard InChI is InChI=1S/C20H17N5/c21-13-15-4-3-7-18(12-15)23-20-22-10-8-19(24-20)25-11-9-16-5-1-2-6-17(16)14-25/h1-8,10,12H,9,11,14H2,(H,22,23,24). The van der Waals surface area contributed by atoms with Gasteiger partial charge in [0.05, 0.1) is 11.6 Å². The van der Waals surface area contributed by atoms with E-state index in [9.17, 15) is 0 Å². The molecule has 2 heterocycles. The molecule has 0 unspecified atom stereocenters. The second kappa shape index (κ2) is 6.62. The topological polar surface area (TPSA) is 64.8 Å². The number of anilines is 3. The van der Waals surface area contributed by atoms with Gasteiger partial charge in [-0.1, -0.05) is 30.3 Å². The second-order valence-corrected chi connectivity index (χ2v) is 6.00. The van der Waals surface area contributed by atoms with Crippen molar-refractivity contribution < 1.29 is 0 Å². The molecule has 0 aliphatic carbocycles. The van der Waals surface area contributed by atoms with Crippen molar-refractivity contribution in [2.75, 3.05) is 16.8 Å². The highest BCUT2D eigenvalue weighted by Gasteiger charge is 2.17. The lowest BCUT2D eigenvalue weighted by Gasteiger charge is -2.29. The molecule has 0 saturated carbocycles. The molecule has 0 radical (unpaired) electrons. The summed E-state index contributed by atoms with van der Waals surface area (Å²) in [4.78, 5) is 11.2. The molecule has 5 heteroatoms. The van der Waals surface area contributed by atoms with E-state index in [0.717, 1.165) is 31.0 Å². The minimum absolute atomic E-state index is 0.534. The first-order chi connectivity index (χ1) is 12.3. The molecule has 1 aliphatic rings. The van der Waals surface area contributed by atoms with Crippen LogP contribution in [0.25, 0.3) is 0 Å². The van der Waals surface area contributed by atoms with E-state index in [2.05, 4.69) is 50.5 Å². The van der Waals surface area contributed by atoms with Crippen LogP contribution in [0.5, 0.6) is 0 Å². The largest absolute Gasteiger partial charge is 0.352 e. The molecule has 1 aliphatic heterocycles. The molecule has 0 spiro atoms. The predicted octanol–water partition coefficient (Wildman–Crippen LogP) is 3.65. The molecule has 1 N–H and O–H groups in total. The Morgan fingerprint density at radius 2 is 1.92 bits per heavy atom. The van der Waals surface area contributed by atoms with Gasteiger partial charge >= 0.3 is 0 Å². The van der Waals surface area contributed by atoms with Crippen molar-refractivity contribution in [1.82, 2.24) is 9.97 Å². The summed E-state index contributed by atoms with van der Waals surface area (Å²) in [5.41, 5.74) is 4.18. The molecule has 0 amide bonds. The second-order valence-electron chi connectivity index (χ2n) is 6.00. The van der Waals surface area contributed by atoms with Gasteiger partial charge in [-0.3, -0.25) is 0 Å². The van der Waals surface area contributed by atoms with Crippen molar-refractivity contribution in [3.05, 3.63) is 77.5 Å². The molecule has 0 bridgehead atoms. The Morgan fingerprint density at radius 3 is 2.80 bits per heavy atom. The van der Waals surface area contributed by atoms with Crippen LogP contribution in [0.3, 0.4) is 0 Å². The van der Waals surface area contributed by atoms with Gasteiger partial charge in [0.1, 0.15) is 5.82 Å². The summed E-state index contributed by atoms with van der Waals surface area (Å²) < 4.78 is 0. The average molecular weight is 327 g/mol. The van der Waals surface area contributed by atoms with Gasteiger partial charge in [-0.2, -0.15) is 10.2 Å². The summed E-state index contributed by atoms with van der Waals surface area (Å²) in [7, 11) is 0. The lowest BCUT2D eigenvalue weighted by molar-refractivity contribution is 0.720. The molecule has 1 aromatic heterocycles. The van der Waals surface area contributed by atoms with Crippen LogP contribution in [0.15, 0.2) is 60.8 Å². The van der Waals surface area contributed by atoms with Crippen LogP contribution in [0, 0.1) is 11.3 Å². The van der Waals surface area contributed by atoms with E-state index in [1.165, 1.54) is 11.1 Å².